The lowest BCUT2D eigenvalue weighted by Crippen LogP contribution is -1.69. The number of rotatable bonds is 4. The smallest absolute Gasteiger partial charge is 0.0553 e. The topological polar surface area (TPSA) is 36.2 Å². The maximum atomic E-state index is 6.60. The van der Waals surface area contributed by atoms with E-state index in [2.05, 4.69) is 12.0 Å². The molecule has 0 aromatic heterocycles. The Kier molecular flexibility index (Phi) is 5.07. The molecule has 0 radical (unpaired) electrons. The second-order valence-corrected chi connectivity index (χ2v) is 2.10. The fourth-order valence-corrected chi connectivity index (χ4v) is 0.561. The number of hydrogen-bond acceptors (Lipinski definition) is 2. The summed E-state index contributed by atoms with van der Waals surface area (Å²) in [4.78, 5) is 0. The van der Waals surface area contributed by atoms with Crippen LogP contribution in [0.4, 0.5) is 0 Å². The lowest BCUT2D eigenvalue weighted by molar-refractivity contribution is 0.807. The summed E-state index contributed by atoms with van der Waals surface area (Å²) in [5, 5.41) is 3.27. The van der Waals surface area contributed by atoms with Crippen molar-refractivity contribution in [3.8, 4) is 0 Å². The van der Waals surface area contributed by atoms with Gasteiger partial charge in [0.1, 0.15) is 0 Å². The molecule has 2 heteroatoms. The average Bonchev–Trinajstić information content (AvgIpc) is 1.89. The number of nitrogens with zero attached hydrogens (tertiary/aromatic N) is 1. The van der Waals surface area contributed by atoms with E-state index < -0.39 is 0 Å². The minimum absolute atomic E-state index is 0.823. The van der Waals surface area contributed by atoms with E-state index >= 15 is 0 Å². The molecule has 0 bridgehead atoms. The number of hydrogen-bond donors (Lipinski definition) is 1. The third-order valence-electron chi connectivity index (χ3n) is 1.17. The summed E-state index contributed by atoms with van der Waals surface area (Å²) in [6.45, 7) is 4.00. The second kappa shape index (κ2) is 5.48. The third kappa shape index (κ3) is 5.21. The third-order valence-corrected chi connectivity index (χ3v) is 1.17. The summed E-state index contributed by atoms with van der Waals surface area (Å²) < 4.78 is 0. The van der Waals surface area contributed by atoms with Crippen LogP contribution in [0.15, 0.2) is 16.9 Å². The summed E-state index contributed by atoms with van der Waals surface area (Å²) in [6.07, 6.45) is 5.47. The Morgan fingerprint density at radius 2 is 2.33 bits per heavy atom. The van der Waals surface area contributed by atoms with E-state index in [9.17, 15) is 0 Å². The van der Waals surface area contributed by atoms with Crippen molar-refractivity contribution in [2.24, 2.45) is 5.11 Å². The van der Waals surface area contributed by atoms with Gasteiger partial charge < -0.3 is 0 Å². The lowest BCUT2D eigenvalue weighted by Gasteiger charge is -1.88. The summed E-state index contributed by atoms with van der Waals surface area (Å²) in [5.74, 6) is 0. The minimum atomic E-state index is 0.823. The first kappa shape index (κ1) is 8.34. The standard InChI is InChI=1S/C7H14N2/c1-3-4-5-6-7(2)9-8/h6,8H,3-5H2,1-2H3/b7-6-,9-8?. The maximum Gasteiger partial charge on any atom is 0.0553 e. The van der Waals surface area contributed by atoms with Crippen LogP contribution in [0.3, 0.4) is 0 Å². The molecule has 0 aromatic carbocycles. The molecule has 0 unspecified atom stereocenters. The highest BCUT2D eigenvalue weighted by Crippen LogP contribution is 2.00. The lowest BCUT2D eigenvalue weighted by atomic mass is 10.2. The molecule has 1 N–H and O–H groups in total. The molecule has 0 spiro atoms. The molecule has 9 heavy (non-hydrogen) atoms. The van der Waals surface area contributed by atoms with Crippen LogP contribution in [-0.2, 0) is 0 Å². The highest BCUT2D eigenvalue weighted by molar-refractivity contribution is 4.92. The summed E-state index contributed by atoms with van der Waals surface area (Å²) in [7, 11) is 0. The van der Waals surface area contributed by atoms with Crippen molar-refractivity contribution in [3.05, 3.63) is 11.8 Å². The predicted octanol–water partition coefficient (Wildman–Crippen LogP) is 3.11. The van der Waals surface area contributed by atoms with Gasteiger partial charge in [0.25, 0.3) is 0 Å². The van der Waals surface area contributed by atoms with Gasteiger partial charge in [-0.05, 0) is 13.3 Å². The molecule has 0 aromatic rings. The Balaban J connectivity index is 3.31. The molecule has 2 nitrogen and oxygen atoms in total. The summed E-state index contributed by atoms with van der Waals surface area (Å²) >= 11 is 0. The highest BCUT2D eigenvalue weighted by atomic mass is 15.0. The van der Waals surface area contributed by atoms with Crippen LogP contribution in [0.5, 0.6) is 0 Å². The second-order valence-electron chi connectivity index (χ2n) is 2.10. The molecule has 0 aliphatic carbocycles. The van der Waals surface area contributed by atoms with Crippen molar-refractivity contribution in [3.63, 3.8) is 0 Å². The van der Waals surface area contributed by atoms with Crippen molar-refractivity contribution in [2.45, 2.75) is 33.1 Å². The van der Waals surface area contributed by atoms with E-state index in [-0.39, 0.29) is 0 Å². The van der Waals surface area contributed by atoms with Gasteiger partial charge in [-0.2, -0.15) is 5.11 Å². The number of allylic oxidation sites excluding steroid dienone is 2. The molecule has 0 heterocycles. The molecule has 0 aliphatic heterocycles. The van der Waals surface area contributed by atoms with Crippen molar-refractivity contribution >= 4 is 0 Å². The monoisotopic (exact) mass is 126 g/mol. The van der Waals surface area contributed by atoms with Gasteiger partial charge in [-0.1, -0.05) is 25.8 Å². The van der Waals surface area contributed by atoms with Crippen LogP contribution in [0.25, 0.3) is 0 Å². The Labute approximate surface area is 56.5 Å². The van der Waals surface area contributed by atoms with E-state index in [0.29, 0.717) is 0 Å². The van der Waals surface area contributed by atoms with Crippen molar-refractivity contribution in [2.75, 3.05) is 0 Å². The molecule has 0 saturated heterocycles. The molecule has 0 aliphatic rings. The van der Waals surface area contributed by atoms with Crippen molar-refractivity contribution in [1.29, 1.82) is 5.53 Å². The van der Waals surface area contributed by atoms with E-state index in [1.807, 2.05) is 13.0 Å². The number of nitrogens with one attached hydrogen (secondary N) is 1. The zero-order valence-corrected chi connectivity index (χ0v) is 6.15. The molecule has 0 atom stereocenters. The van der Waals surface area contributed by atoms with Crippen LogP contribution in [-0.4, -0.2) is 0 Å². The van der Waals surface area contributed by atoms with Crippen LogP contribution in [0.1, 0.15) is 33.1 Å². The summed E-state index contributed by atoms with van der Waals surface area (Å²) in [6, 6.07) is 0. The van der Waals surface area contributed by atoms with Gasteiger partial charge >= 0.3 is 0 Å². The maximum absolute atomic E-state index is 6.60. The highest BCUT2D eigenvalue weighted by Gasteiger charge is 1.81. The average molecular weight is 126 g/mol. The van der Waals surface area contributed by atoms with E-state index in [4.69, 9.17) is 5.53 Å². The van der Waals surface area contributed by atoms with Gasteiger partial charge in [-0.3, -0.25) is 0 Å². The zero-order chi connectivity index (χ0) is 7.11. The van der Waals surface area contributed by atoms with Gasteiger partial charge in [-0.15, -0.1) is 0 Å². The van der Waals surface area contributed by atoms with Gasteiger partial charge in [-0.25, -0.2) is 5.53 Å². The fourth-order valence-electron chi connectivity index (χ4n) is 0.561. The molecule has 0 saturated carbocycles. The van der Waals surface area contributed by atoms with Gasteiger partial charge in [0, 0.05) is 0 Å². The Bertz CT molecular complexity index is 105. The molecular weight excluding hydrogens is 112 g/mol. The Morgan fingerprint density at radius 3 is 2.78 bits per heavy atom. The number of unbranched alkanes of at least 4 members (excludes halogenated alkanes) is 2. The van der Waals surface area contributed by atoms with Crippen LogP contribution in [0.2, 0.25) is 0 Å². The minimum Gasteiger partial charge on any atom is -0.205 e. The molecule has 52 valence electrons. The summed E-state index contributed by atoms with van der Waals surface area (Å²) in [5.41, 5.74) is 7.42. The Hall–Kier alpha value is -0.660. The van der Waals surface area contributed by atoms with Crippen LogP contribution < -0.4 is 0 Å². The first-order chi connectivity index (χ1) is 4.31. The normalized spacial score (nSPS) is 11.6. The van der Waals surface area contributed by atoms with Gasteiger partial charge in [0.15, 0.2) is 0 Å². The van der Waals surface area contributed by atoms with Gasteiger partial charge in [0.05, 0.1) is 5.70 Å². The molecular formula is C7H14N2. The predicted molar refractivity (Wildman–Crippen MR) is 38.4 cm³/mol. The van der Waals surface area contributed by atoms with Crippen molar-refractivity contribution in [1.82, 2.24) is 0 Å². The van der Waals surface area contributed by atoms with Crippen LogP contribution in [0, 0.1) is 5.53 Å². The molecule has 0 amide bonds. The SMILES string of the molecule is CCCC/C=C(/C)N=N. The fraction of sp³-hybridized carbons (Fsp3) is 0.714. The molecule has 0 rings (SSSR count). The van der Waals surface area contributed by atoms with E-state index in [0.717, 1.165) is 12.1 Å². The van der Waals surface area contributed by atoms with Crippen molar-refractivity contribution < 1.29 is 0 Å². The Morgan fingerprint density at radius 1 is 1.67 bits per heavy atom. The first-order valence-corrected chi connectivity index (χ1v) is 3.35. The van der Waals surface area contributed by atoms with Crippen LogP contribution >= 0.6 is 0 Å². The largest absolute Gasteiger partial charge is 0.205 e. The zero-order valence-electron chi connectivity index (χ0n) is 6.15. The van der Waals surface area contributed by atoms with E-state index in [1.54, 1.807) is 0 Å². The van der Waals surface area contributed by atoms with E-state index in [1.165, 1.54) is 12.8 Å². The molecule has 0 fully saturated rings. The van der Waals surface area contributed by atoms with Gasteiger partial charge in [0.2, 0.25) is 0 Å². The first-order valence-electron chi connectivity index (χ1n) is 3.35. The quantitative estimate of drug-likeness (QED) is 0.444.